The van der Waals surface area contributed by atoms with Gasteiger partial charge in [0.2, 0.25) is 0 Å². The Balaban J connectivity index is 1.52. The molecule has 36 heavy (non-hydrogen) atoms. The van der Waals surface area contributed by atoms with Crippen LogP contribution in [-0.4, -0.2) is 19.0 Å². The number of anilines is 1. The summed E-state index contributed by atoms with van der Waals surface area (Å²) in [4.78, 5) is 28.2. The molecule has 0 aromatic heterocycles. The molecule has 0 N–H and O–H groups in total. The van der Waals surface area contributed by atoms with E-state index in [9.17, 15) is 9.59 Å². The summed E-state index contributed by atoms with van der Waals surface area (Å²) in [5.74, 6) is -0.156. The van der Waals surface area contributed by atoms with Crippen LogP contribution < -0.4 is 9.64 Å². The highest BCUT2D eigenvalue weighted by molar-refractivity contribution is 6.25. The second-order valence-corrected chi connectivity index (χ2v) is 8.50. The Morgan fingerprint density at radius 2 is 1.61 bits per heavy atom. The molecule has 1 amide bonds. The third-order valence-corrected chi connectivity index (χ3v) is 6.21. The minimum atomic E-state index is -0.550. The zero-order valence-electron chi connectivity index (χ0n) is 20.1. The molecule has 0 unspecified atom stereocenters. The molecule has 1 heterocycles. The number of benzene rings is 4. The quantitative estimate of drug-likeness (QED) is 0.243. The average Bonchev–Trinajstić information content (AvgIpc) is 3.16. The number of ether oxygens (including phenoxy) is 2. The number of rotatable bonds is 6. The zero-order valence-corrected chi connectivity index (χ0v) is 20.1. The Morgan fingerprint density at radius 3 is 2.42 bits per heavy atom. The molecule has 4 aromatic carbocycles. The van der Waals surface area contributed by atoms with E-state index in [1.807, 2.05) is 97.1 Å². The van der Waals surface area contributed by atoms with Crippen LogP contribution in [0.2, 0.25) is 0 Å². The summed E-state index contributed by atoms with van der Waals surface area (Å²) >= 11 is 0. The van der Waals surface area contributed by atoms with Crippen molar-refractivity contribution in [1.29, 1.82) is 0 Å². The minimum Gasteiger partial charge on any atom is -0.489 e. The second-order valence-electron chi connectivity index (χ2n) is 8.50. The van der Waals surface area contributed by atoms with Gasteiger partial charge in [0.05, 0.1) is 23.9 Å². The first kappa shape index (κ1) is 23.1. The molecular weight excluding hydrogens is 450 g/mol. The van der Waals surface area contributed by atoms with Crippen LogP contribution in [0, 0.1) is 0 Å². The van der Waals surface area contributed by atoms with Crippen LogP contribution in [0.3, 0.4) is 0 Å². The summed E-state index contributed by atoms with van der Waals surface area (Å²) in [7, 11) is 1.32. The van der Waals surface area contributed by atoms with Gasteiger partial charge in [-0.1, -0.05) is 78.9 Å². The number of fused-ring (bicyclic) bond motifs is 1. The smallest absolute Gasteiger partial charge is 0.340 e. The third kappa shape index (κ3) is 4.39. The van der Waals surface area contributed by atoms with Crippen LogP contribution in [0.1, 0.15) is 18.1 Å². The highest BCUT2D eigenvalue weighted by atomic mass is 16.5. The van der Waals surface area contributed by atoms with Gasteiger partial charge in [-0.2, -0.15) is 0 Å². The topological polar surface area (TPSA) is 55.8 Å². The van der Waals surface area contributed by atoms with Gasteiger partial charge in [-0.05, 0) is 47.7 Å². The fourth-order valence-electron chi connectivity index (χ4n) is 4.48. The molecule has 0 radical (unpaired) electrons. The molecule has 1 aliphatic heterocycles. The summed E-state index contributed by atoms with van der Waals surface area (Å²) < 4.78 is 11.0. The van der Waals surface area contributed by atoms with E-state index >= 15 is 0 Å². The number of amides is 1. The first-order chi connectivity index (χ1) is 17.6. The number of methoxy groups -OCH3 is 1. The monoisotopic (exact) mass is 475 g/mol. The molecule has 0 aliphatic carbocycles. The lowest BCUT2D eigenvalue weighted by atomic mass is 10.0. The molecule has 0 saturated heterocycles. The molecule has 0 saturated carbocycles. The van der Waals surface area contributed by atoms with Crippen LogP contribution >= 0.6 is 0 Å². The summed E-state index contributed by atoms with van der Waals surface area (Å²) in [6.45, 7) is 2.20. The van der Waals surface area contributed by atoms with Crippen molar-refractivity contribution >= 4 is 34.4 Å². The predicted octanol–water partition coefficient (Wildman–Crippen LogP) is 6.30. The first-order valence-corrected chi connectivity index (χ1v) is 11.7. The zero-order chi connectivity index (χ0) is 25.1. The van der Waals surface area contributed by atoms with Gasteiger partial charge in [-0.15, -0.1) is 0 Å². The largest absolute Gasteiger partial charge is 0.489 e. The normalized spacial score (nSPS) is 14.6. The van der Waals surface area contributed by atoms with E-state index in [0.29, 0.717) is 18.1 Å². The maximum Gasteiger partial charge on any atom is 0.340 e. The van der Waals surface area contributed by atoms with E-state index in [2.05, 4.69) is 0 Å². The van der Waals surface area contributed by atoms with E-state index in [0.717, 1.165) is 27.6 Å². The van der Waals surface area contributed by atoms with Crippen molar-refractivity contribution in [3.05, 3.63) is 125 Å². The Kier molecular flexibility index (Phi) is 6.37. The lowest BCUT2D eigenvalue weighted by molar-refractivity contribution is -0.136. The predicted molar refractivity (Wildman–Crippen MR) is 141 cm³/mol. The molecule has 5 nitrogen and oxygen atoms in total. The molecule has 0 spiro atoms. The molecule has 0 atom stereocenters. The number of hydrogen-bond donors (Lipinski definition) is 0. The summed E-state index contributed by atoms with van der Waals surface area (Å²) in [5, 5.41) is 1.94. The van der Waals surface area contributed by atoms with Crippen molar-refractivity contribution in [3.8, 4) is 5.75 Å². The van der Waals surface area contributed by atoms with Gasteiger partial charge in [-0.3, -0.25) is 9.69 Å². The Bertz CT molecular complexity index is 1510. The van der Waals surface area contributed by atoms with E-state index < -0.39 is 5.97 Å². The number of allylic oxidation sites excluding steroid dienone is 1. The fraction of sp³-hybridized carbons (Fsp3) is 0.0968. The molecule has 0 fully saturated rings. The lowest BCUT2D eigenvalue weighted by Gasteiger charge is -2.20. The van der Waals surface area contributed by atoms with Crippen molar-refractivity contribution in [2.75, 3.05) is 12.0 Å². The molecule has 5 heteroatoms. The summed E-state index contributed by atoms with van der Waals surface area (Å²) in [6, 6.07) is 31.0. The van der Waals surface area contributed by atoms with Gasteiger partial charge in [0.1, 0.15) is 12.4 Å². The minimum absolute atomic E-state index is 0.256. The van der Waals surface area contributed by atoms with Gasteiger partial charge in [0, 0.05) is 11.1 Å². The van der Waals surface area contributed by atoms with Gasteiger partial charge in [0.15, 0.2) is 0 Å². The number of nitrogens with zero attached hydrogens (tertiary/aromatic N) is 1. The van der Waals surface area contributed by atoms with Crippen molar-refractivity contribution in [1.82, 2.24) is 0 Å². The van der Waals surface area contributed by atoms with E-state index in [4.69, 9.17) is 9.47 Å². The lowest BCUT2D eigenvalue weighted by Crippen LogP contribution is -2.24. The highest BCUT2D eigenvalue weighted by Gasteiger charge is 2.38. The first-order valence-electron chi connectivity index (χ1n) is 11.7. The Labute approximate surface area is 209 Å². The van der Waals surface area contributed by atoms with Gasteiger partial charge < -0.3 is 9.47 Å². The number of carbonyl (C=O) groups excluding carboxylic acids is 2. The molecule has 5 rings (SSSR count). The van der Waals surface area contributed by atoms with Crippen molar-refractivity contribution in [3.63, 3.8) is 0 Å². The van der Waals surface area contributed by atoms with Crippen LogP contribution in [0.4, 0.5) is 5.69 Å². The highest BCUT2D eigenvalue weighted by Crippen LogP contribution is 2.38. The average molecular weight is 476 g/mol. The maximum absolute atomic E-state index is 13.8. The van der Waals surface area contributed by atoms with E-state index in [1.54, 1.807) is 17.9 Å². The van der Waals surface area contributed by atoms with Crippen molar-refractivity contribution in [2.45, 2.75) is 13.5 Å². The summed E-state index contributed by atoms with van der Waals surface area (Å²) in [5.41, 5.74) is 3.60. The third-order valence-electron chi connectivity index (χ3n) is 6.21. The maximum atomic E-state index is 13.8. The molecule has 178 valence electrons. The number of carbonyl (C=O) groups is 2. The molecule has 1 aliphatic rings. The van der Waals surface area contributed by atoms with Crippen LogP contribution in [0.25, 0.3) is 16.8 Å². The molecular formula is C31H25NO4. The standard InChI is InChI=1S/C31H25NO4/c1-21-29(31(34)35-2)27(30(33)32(21)28-17-9-14-24-13-6-7-16-26(24)28)19-23-12-8-15-25(18-23)36-20-22-10-4-3-5-11-22/h3-19H,20H2,1-2H3. The number of esters is 1. The molecule has 0 bridgehead atoms. The second kappa shape index (κ2) is 9.92. The van der Waals surface area contributed by atoms with Crippen LogP contribution in [0.5, 0.6) is 5.75 Å². The fourth-order valence-corrected chi connectivity index (χ4v) is 4.48. The summed E-state index contributed by atoms with van der Waals surface area (Å²) in [6.07, 6.45) is 1.72. The van der Waals surface area contributed by atoms with Crippen LogP contribution in [-0.2, 0) is 20.9 Å². The SMILES string of the molecule is COC(=O)C1=C(C)N(c2cccc3ccccc23)C(=O)C1=Cc1cccc(OCc2ccccc2)c1. The molecule has 4 aromatic rings. The number of hydrogen-bond acceptors (Lipinski definition) is 4. The van der Waals surface area contributed by atoms with E-state index in [1.165, 1.54) is 7.11 Å². The Morgan fingerprint density at radius 1 is 0.889 bits per heavy atom. The van der Waals surface area contributed by atoms with Gasteiger partial charge in [0.25, 0.3) is 5.91 Å². The van der Waals surface area contributed by atoms with Crippen molar-refractivity contribution < 1.29 is 19.1 Å². The van der Waals surface area contributed by atoms with Gasteiger partial charge in [-0.25, -0.2) is 4.79 Å². The van der Waals surface area contributed by atoms with Gasteiger partial charge >= 0.3 is 5.97 Å². The van der Waals surface area contributed by atoms with Crippen LogP contribution in [0.15, 0.2) is 114 Å². The van der Waals surface area contributed by atoms with Crippen molar-refractivity contribution in [2.24, 2.45) is 0 Å². The Hall–Kier alpha value is -4.64. The van der Waals surface area contributed by atoms with E-state index in [-0.39, 0.29) is 17.1 Å².